The minimum atomic E-state index is -2.91. The fourth-order valence-electron chi connectivity index (χ4n) is 0.609. The third kappa shape index (κ3) is 7.81. The van der Waals surface area contributed by atoms with Crippen LogP contribution >= 0.6 is 11.6 Å². The van der Waals surface area contributed by atoms with E-state index >= 15 is 0 Å². The zero-order valence-corrected chi connectivity index (χ0v) is 8.41. The number of hydrogen-bond acceptors (Lipinski definition) is 3. The van der Waals surface area contributed by atoms with Crippen molar-refractivity contribution < 1.29 is 13.2 Å². The molecule has 0 aromatic heterocycles. The molecule has 72 valence electrons. The number of alkyl halides is 1. The van der Waals surface area contributed by atoms with E-state index in [0.717, 1.165) is 6.26 Å². The Morgan fingerprint density at radius 1 is 1.50 bits per heavy atom. The summed E-state index contributed by atoms with van der Waals surface area (Å²) in [7, 11) is -2.91. The SMILES string of the molecule is CS(=O)(=O)CCCNC(=O)CCl. The van der Waals surface area contributed by atoms with E-state index in [1.807, 2.05) is 0 Å². The molecule has 0 bridgehead atoms. The average Bonchev–Trinajstić information content (AvgIpc) is 1.96. The Hall–Kier alpha value is -0.290. The Balaban J connectivity index is 3.40. The van der Waals surface area contributed by atoms with Crippen molar-refractivity contribution in [1.29, 1.82) is 0 Å². The molecule has 0 spiro atoms. The minimum Gasteiger partial charge on any atom is -0.355 e. The molecule has 0 fully saturated rings. The van der Waals surface area contributed by atoms with Crippen molar-refractivity contribution in [3.63, 3.8) is 0 Å². The molecule has 0 saturated carbocycles. The molecule has 0 radical (unpaired) electrons. The summed E-state index contributed by atoms with van der Waals surface area (Å²) in [4.78, 5) is 10.5. The summed E-state index contributed by atoms with van der Waals surface area (Å²) < 4.78 is 21.2. The van der Waals surface area contributed by atoms with Crippen LogP contribution in [0.25, 0.3) is 0 Å². The molecule has 0 aromatic carbocycles. The third-order valence-electron chi connectivity index (χ3n) is 1.14. The first kappa shape index (κ1) is 11.7. The largest absolute Gasteiger partial charge is 0.355 e. The molecule has 0 aromatic rings. The van der Waals surface area contributed by atoms with Crippen LogP contribution in [0.4, 0.5) is 0 Å². The number of nitrogens with one attached hydrogen (secondary N) is 1. The Bertz CT molecular complexity index is 237. The summed E-state index contributed by atoms with van der Waals surface area (Å²) in [5.74, 6) is -0.265. The maximum atomic E-state index is 10.6. The van der Waals surface area contributed by atoms with Crippen LogP contribution in [0.15, 0.2) is 0 Å². The maximum Gasteiger partial charge on any atom is 0.234 e. The lowest BCUT2D eigenvalue weighted by Crippen LogP contribution is -2.26. The van der Waals surface area contributed by atoms with Crippen molar-refractivity contribution in [2.75, 3.05) is 24.4 Å². The Labute approximate surface area is 77.2 Å². The number of amides is 1. The summed E-state index contributed by atoms with van der Waals surface area (Å²) in [5.41, 5.74) is 0. The van der Waals surface area contributed by atoms with Gasteiger partial charge in [-0.3, -0.25) is 4.79 Å². The normalized spacial score (nSPS) is 11.2. The van der Waals surface area contributed by atoms with Gasteiger partial charge in [0, 0.05) is 12.8 Å². The van der Waals surface area contributed by atoms with Gasteiger partial charge in [-0.05, 0) is 6.42 Å². The van der Waals surface area contributed by atoms with Crippen LogP contribution in [-0.4, -0.2) is 38.8 Å². The van der Waals surface area contributed by atoms with Gasteiger partial charge in [0.1, 0.15) is 15.7 Å². The Kier molecular flexibility index (Phi) is 5.24. The fraction of sp³-hybridized carbons (Fsp3) is 0.833. The van der Waals surface area contributed by atoms with E-state index in [-0.39, 0.29) is 17.5 Å². The number of carbonyl (C=O) groups excluding carboxylic acids is 1. The molecule has 0 aliphatic carbocycles. The molecule has 1 N–H and O–H groups in total. The minimum absolute atomic E-state index is 0.0844. The predicted octanol–water partition coefficient (Wildman–Crippen LogP) is -0.224. The fourth-order valence-corrected chi connectivity index (χ4v) is 1.37. The van der Waals surface area contributed by atoms with E-state index in [9.17, 15) is 13.2 Å². The van der Waals surface area contributed by atoms with Crippen LogP contribution in [0, 0.1) is 0 Å². The first-order valence-corrected chi connectivity index (χ1v) is 6.05. The molecular formula is C6H12ClNO3S. The van der Waals surface area contributed by atoms with Crippen LogP contribution < -0.4 is 5.32 Å². The van der Waals surface area contributed by atoms with Gasteiger partial charge >= 0.3 is 0 Å². The van der Waals surface area contributed by atoms with Gasteiger partial charge in [0.05, 0.1) is 5.75 Å². The third-order valence-corrected chi connectivity index (χ3v) is 2.41. The Morgan fingerprint density at radius 2 is 2.08 bits per heavy atom. The van der Waals surface area contributed by atoms with Crippen molar-refractivity contribution >= 4 is 27.3 Å². The smallest absolute Gasteiger partial charge is 0.234 e. The van der Waals surface area contributed by atoms with Gasteiger partial charge in [-0.15, -0.1) is 11.6 Å². The van der Waals surface area contributed by atoms with Gasteiger partial charge in [-0.1, -0.05) is 0 Å². The molecule has 0 aliphatic rings. The predicted molar refractivity (Wildman–Crippen MR) is 48.1 cm³/mol. The van der Waals surface area contributed by atoms with Crippen LogP contribution in [0.3, 0.4) is 0 Å². The summed E-state index contributed by atoms with van der Waals surface area (Å²) in [6.07, 6.45) is 1.60. The summed E-state index contributed by atoms with van der Waals surface area (Å²) >= 11 is 5.19. The molecular weight excluding hydrogens is 202 g/mol. The van der Waals surface area contributed by atoms with E-state index in [1.54, 1.807) is 0 Å². The first-order chi connectivity index (χ1) is 5.45. The van der Waals surface area contributed by atoms with Gasteiger partial charge in [0.2, 0.25) is 5.91 Å². The molecule has 0 atom stereocenters. The van der Waals surface area contributed by atoms with E-state index in [1.165, 1.54) is 0 Å². The standard InChI is InChI=1S/C6H12ClNO3S/c1-12(10,11)4-2-3-8-6(9)5-7/h2-5H2,1H3,(H,8,9). The first-order valence-electron chi connectivity index (χ1n) is 3.46. The molecule has 4 nitrogen and oxygen atoms in total. The van der Waals surface area contributed by atoms with Crippen molar-refractivity contribution in [2.45, 2.75) is 6.42 Å². The van der Waals surface area contributed by atoms with Gasteiger partial charge in [-0.25, -0.2) is 8.42 Å². The molecule has 0 saturated heterocycles. The highest BCUT2D eigenvalue weighted by Crippen LogP contribution is 1.87. The van der Waals surface area contributed by atoms with Crippen LogP contribution in [-0.2, 0) is 14.6 Å². The molecule has 1 amide bonds. The van der Waals surface area contributed by atoms with E-state index in [4.69, 9.17) is 11.6 Å². The Morgan fingerprint density at radius 3 is 2.50 bits per heavy atom. The molecule has 12 heavy (non-hydrogen) atoms. The number of rotatable bonds is 5. The topological polar surface area (TPSA) is 63.2 Å². The van der Waals surface area contributed by atoms with E-state index < -0.39 is 9.84 Å². The van der Waals surface area contributed by atoms with Crippen LogP contribution in [0.1, 0.15) is 6.42 Å². The average molecular weight is 214 g/mol. The van der Waals surface area contributed by atoms with E-state index in [0.29, 0.717) is 13.0 Å². The molecule has 0 aliphatic heterocycles. The van der Waals surface area contributed by atoms with Gasteiger partial charge < -0.3 is 5.32 Å². The highest BCUT2D eigenvalue weighted by molar-refractivity contribution is 7.90. The monoisotopic (exact) mass is 213 g/mol. The molecule has 0 heterocycles. The molecule has 0 rings (SSSR count). The zero-order chi connectivity index (χ0) is 9.61. The molecule has 6 heteroatoms. The van der Waals surface area contributed by atoms with Crippen LogP contribution in [0.2, 0.25) is 0 Å². The van der Waals surface area contributed by atoms with Crippen molar-refractivity contribution in [2.24, 2.45) is 0 Å². The summed E-state index contributed by atoms with van der Waals surface area (Å²) in [6.45, 7) is 0.360. The van der Waals surface area contributed by atoms with E-state index in [2.05, 4.69) is 5.32 Å². The highest BCUT2D eigenvalue weighted by atomic mass is 35.5. The maximum absolute atomic E-state index is 10.6. The lowest BCUT2D eigenvalue weighted by molar-refractivity contribution is -0.118. The lowest BCUT2D eigenvalue weighted by Gasteiger charge is -2.00. The number of sulfone groups is 1. The van der Waals surface area contributed by atoms with Crippen molar-refractivity contribution in [3.05, 3.63) is 0 Å². The lowest BCUT2D eigenvalue weighted by atomic mass is 10.5. The quantitative estimate of drug-likeness (QED) is 0.507. The van der Waals surface area contributed by atoms with Gasteiger partial charge in [0.15, 0.2) is 0 Å². The van der Waals surface area contributed by atoms with Crippen molar-refractivity contribution in [3.8, 4) is 0 Å². The van der Waals surface area contributed by atoms with Crippen molar-refractivity contribution in [1.82, 2.24) is 5.32 Å². The van der Waals surface area contributed by atoms with Gasteiger partial charge in [0.25, 0.3) is 0 Å². The second-order valence-corrected chi connectivity index (χ2v) is 4.99. The second-order valence-electron chi connectivity index (χ2n) is 2.47. The van der Waals surface area contributed by atoms with Crippen LogP contribution in [0.5, 0.6) is 0 Å². The summed E-state index contributed by atoms with van der Waals surface area (Å²) in [6, 6.07) is 0. The zero-order valence-electron chi connectivity index (χ0n) is 6.84. The number of halogens is 1. The number of hydrogen-bond donors (Lipinski definition) is 1. The molecule has 0 unspecified atom stereocenters. The number of carbonyl (C=O) groups is 1. The highest BCUT2D eigenvalue weighted by Gasteiger charge is 2.02. The second kappa shape index (κ2) is 5.37. The summed E-state index contributed by atoms with van der Waals surface area (Å²) in [5, 5.41) is 2.47. The van der Waals surface area contributed by atoms with Gasteiger partial charge in [-0.2, -0.15) is 0 Å².